The zero-order chi connectivity index (χ0) is 25.5. The van der Waals surface area contributed by atoms with Gasteiger partial charge >= 0.3 is 5.97 Å². The highest BCUT2D eigenvalue weighted by molar-refractivity contribution is 8.00. The molecule has 4 rings (SSSR count). The number of halogens is 1. The molecule has 1 atom stereocenters. The van der Waals surface area contributed by atoms with Gasteiger partial charge in [-0.1, -0.05) is 37.9 Å². The lowest BCUT2D eigenvalue weighted by Crippen LogP contribution is -2.30. The molecule has 1 N–H and O–H groups in total. The van der Waals surface area contributed by atoms with E-state index in [1.165, 1.54) is 5.57 Å². The van der Waals surface area contributed by atoms with Gasteiger partial charge < -0.3 is 14.3 Å². The number of rotatable bonds is 7. The van der Waals surface area contributed by atoms with E-state index in [2.05, 4.69) is 42.1 Å². The van der Waals surface area contributed by atoms with Crippen LogP contribution in [-0.2, 0) is 11.2 Å². The molecule has 35 heavy (non-hydrogen) atoms. The van der Waals surface area contributed by atoms with Gasteiger partial charge in [-0.15, -0.1) is 0 Å². The van der Waals surface area contributed by atoms with Crippen LogP contribution in [-0.4, -0.2) is 42.9 Å². The summed E-state index contributed by atoms with van der Waals surface area (Å²) in [5, 5.41) is 9.82. The van der Waals surface area contributed by atoms with Crippen molar-refractivity contribution in [1.29, 1.82) is 0 Å². The average Bonchev–Trinajstić information content (AvgIpc) is 2.78. The van der Waals surface area contributed by atoms with Gasteiger partial charge in [0, 0.05) is 11.8 Å². The summed E-state index contributed by atoms with van der Waals surface area (Å²) in [6, 6.07) is 7.32. The number of aliphatic carboxylic acids is 1. The number of benzene rings is 2. The SMILES string of the molecule is CSN1c2c(cc(C3=CCC(C)(C)CC3)c(CC(=O)O)c2C)-c2ccc(F)cc2[C@@H]1CCN(C)C. The first-order valence-corrected chi connectivity index (χ1v) is 13.6. The topological polar surface area (TPSA) is 43.8 Å². The molecule has 0 bridgehead atoms. The summed E-state index contributed by atoms with van der Waals surface area (Å²) in [6.45, 7) is 7.50. The van der Waals surface area contributed by atoms with E-state index in [1.54, 1.807) is 24.1 Å². The van der Waals surface area contributed by atoms with Crippen LogP contribution < -0.4 is 4.31 Å². The summed E-state index contributed by atoms with van der Waals surface area (Å²) in [5.41, 5.74) is 8.66. The fourth-order valence-corrected chi connectivity index (χ4v) is 6.42. The summed E-state index contributed by atoms with van der Waals surface area (Å²) in [5.74, 6) is -1.04. The number of nitrogens with zero attached hydrogens (tertiary/aromatic N) is 2. The van der Waals surface area contributed by atoms with Gasteiger partial charge in [-0.05, 0) is 110 Å². The molecule has 4 nitrogen and oxygen atoms in total. The van der Waals surface area contributed by atoms with Crippen molar-refractivity contribution >= 4 is 29.2 Å². The van der Waals surface area contributed by atoms with Gasteiger partial charge in [0.2, 0.25) is 0 Å². The maximum Gasteiger partial charge on any atom is 0.307 e. The van der Waals surface area contributed by atoms with Gasteiger partial charge in [-0.2, -0.15) is 0 Å². The standard InChI is InChI=1S/C29H37FN2O2S/c1-18-22(17-27(33)34)23(19-9-12-29(2,3)13-10-19)16-25-21-8-7-20(30)15-24(21)26(11-14-31(4)5)32(35-6)28(18)25/h7-9,15-16,26H,10-14,17H2,1-6H3,(H,33,34)/t26-/m0/s1. The van der Waals surface area contributed by atoms with Gasteiger partial charge in [-0.25, -0.2) is 4.39 Å². The molecular formula is C29H37FN2O2S. The molecule has 2 aromatic carbocycles. The van der Waals surface area contributed by atoms with Crippen molar-refractivity contribution in [2.75, 3.05) is 31.2 Å². The number of allylic oxidation sites excluding steroid dienone is 2. The van der Waals surface area contributed by atoms with Crippen LogP contribution in [0.3, 0.4) is 0 Å². The third kappa shape index (κ3) is 5.14. The van der Waals surface area contributed by atoms with E-state index in [0.29, 0.717) is 0 Å². The lowest BCUT2D eigenvalue weighted by atomic mass is 9.75. The summed E-state index contributed by atoms with van der Waals surface area (Å²) in [6.07, 6.45) is 8.19. The fraction of sp³-hybridized carbons (Fsp3) is 0.483. The van der Waals surface area contributed by atoms with E-state index < -0.39 is 5.97 Å². The Labute approximate surface area is 213 Å². The molecule has 1 heterocycles. The third-order valence-electron chi connectivity index (χ3n) is 7.54. The molecule has 0 unspecified atom stereocenters. The predicted octanol–water partition coefficient (Wildman–Crippen LogP) is 7.11. The number of carbonyl (C=O) groups is 1. The normalized spacial score (nSPS) is 18.8. The number of carboxylic acids is 1. The zero-order valence-corrected chi connectivity index (χ0v) is 22.6. The van der Waals surface area contributed by atoms with Gasteiger partial charge in [0.1, 0.15) is 5.82 Å². The van der Waals surface area contributed by atoms with Crippen LogP contribution in [0, 0.1) is 18.2 Å². The molecule has 1 aliphatic carbocycles. The van der Waals surface area contributed by atoms with Gasteiger partial charge in [0.05, 0.1) is 18.2 Å². The van der Waals surface area contributed by atoms with Crippen LogP contribution in [0.1, 0.15) is 67.8 Å². The van der Waals surface area contributed by atoms with Gasteiger partial charge in [0.15, 0.2) is 0 Å². The molecule has 188 valence electrons. The predicted molar refractivity (Wildman–Crippen MR) is 145 cm³/mol. The first kappa shape index (κ1) is 25.8. The molecule has 0 radical (unpaired) electrons. The fourth-order valence-electron chi connectivity index (χ4n) is 5.53. The minimum atomic E-state index is -0.816. The van der Waals surface area contributed by atoms with Crippen molar-refractivity contribution in [2.45, 2.75) is 58.9 Å². The second-order valence-corrected chi connectivity index (χ2v) is 11.7. The maximum atomic E-state index is 14.5. The lowest BCUT2D eigenvalue weighted by Gasteiger charge is -2.41. The number of fused-ring (bicyclic) bond motifs is 3. The molecule has 1 aliphatic heterocycles. The Morgan fingerprint density at radius 3 is 2.57 bits per heavy atom. The summed E-state index contributed by atoms with van der Waals surface area (Å²) in [7, 11) is 4.10. The molecule has 0 saturated heterocycles. The first-order chi connectivity index (χ1) is 16.5. The van der Waals surface area contributed by atoms with E-state index in [9.17, 15) is 14.3 Å². The van der Waals surface area contributed by atoms with Crippen molar-refractivity contribution in [1.82, 2.24) is 4.90 Å². The van der Waals surface area contributed by atoms with Crippen molar-refractivity contribution in [3.8, 4) is 11.1 Å². The quantitative estimate of drug-likeness (QED) is 0.414. The number of carboxylic acid groups (broad SMARTS) is 1. The van der Waals surface area contributed by atoms with Crippen LogP contribution in [0.5, 0.6) is 0 Å². The zero-order valence-electron chi connectivity index (χ0n) is 21.7. The Bertz CT molecular complexity index is 1170. The lowest BCUT2D eigenvalue weighted by molar-refractivity contribution is -0.136. The highest BCUT2D eigenvalue weighted by Crippen LogP contribution is 2.52. The number of hydrogen-bond donors (Lipinski definition) is 1. The maximum absolute atomic E-state index is 14.5. The molecule has 6 heteroatoms. The minimum absolute atomic E-state index is 0.00234. The van der Waals surface area contributed by atoms with Crippen LogP contribution in [0.4, 0.5) is 10.1 Å². The Morgan fingerprint density at radius 1 is 1.23 bits per heavy atom. The summed E-state index contributed by atoms with van der Waals surface area (Å²) >= 11 is 1.63. The first-order valence-electron chi connectivity index (χ1n) is 12.4. The monoisotopic (exact) mass is 496 g/mol. The molecule has 0 amide bonds. The van der Waals surface area contributed by atoms with E-state index in [4.69, 9.17) is 0 Å². The second-order valence-electron chi connectivity index (χ2n) is 10.9. The molecular weight excluding hydrogens is 459 g/mol. The second kappa shape index (κ2) is 9.98. The summed E-state index contributed by atoms with van der Waals surface area (Å²) in [4.78, 5) is 14.1. The van der Waals surface area contributed by atoms with Crippen molar-refractivity contribution in [3.63, 3.8) is 0 Å². The molecule has 0 spiro atoms. The minimum Gasteiger partial charge on any atom is -0.481 e. The largest absolute Gasteiger partial charge is 0.481 e. The Balaban J connectivity index is 1.96. The summed E-state index contributed by atoms with van der Waals surface area (Å²) < 4.78 is 16.8. The number of anilines is 1. The molecule has 2 aromatic rings. The van der Waals surface area contributed by atoms with Gasteiger partial charge in [0.25, 0.3) is 0 Å². The molecule has 0 saturated carbocycles. The van der Waals surface area contributed by atoms with Crippen molar-refractivity contribution in [2.24, 2.45) is 5.41 Å². The smallest absolute Gasteiger partial charge is 0.307 e. The van der Waals surface area contributed by atoms with Crippen molar-refractivity contribution in [3.05, 3.63) is 58.4 Å². The Hall–Kier alpha value is -2.31. The number of hydrogen-bond acceptors (Lipinski definition) is 4. The Morgan fingerprint density at radius 2 is 1.97 bits per heavy atom. The highest BCUT2D eigenvalue weighted by Gasteiger charge is 2.35. The van der Waals surface area contributed by atoms with E-state index in [1.807, 2.05) is 26.4 Å². The molecule has 0 aromatic heterocycles. The average molecular weight is 497 g/mol. The van der Waals surface area contributed by atoms with E-state index in [0.717, 1.165) is 71.3 Å². The molecule has 0 fully saturated rings. The highest BCUT2D eigenvalue weighted by atomic mass is 32.2. The van der Waals surface area contributed by atoms with E-state index in [-0.39, 0.29) is 23.7 Å². The van der Waals surface area contributed by atoms with Gasteiger partial charge in [-0.3, -0.25) is 4.79 Å². The third-order valence-corrected chi connectivity index (χ3v) is 8.37. The van der Waals surface area contributed by atoms with E-state index >= 15 is 0 Å². The van der Waals surface area contributed by atoms with Crippen LogP contribution in [0.2, 0.25) is 0 Å². The van der Waals surface area contributed by atoms with Crippen LogP contribution in [0.15, 0.2) is 30.3 Å². The van der Waals surface area contributed by atoms with Crippen molar-refractivity contribution < 1.29 is 14.3 Å². The van der Waals surface area contributed by atoms with Crippen LogP contribution >= 0.6 is 11.9 Å². The molecule has 2 aliphatic rings. The Kier molecular flexibility index (Phi) is 7.35. The van der Waals surface area contributed by atoms with Crippen LogP contribution in [0.25, 0.3) is 16.7 Å².